The van der Waals surface area contributed by atoms with Crippen LogP contribution in [-0.2, 0) is 4.79 Å². The Hall–Kier alpha value is -1.89. The van der Waals surface area contributed by atoms with Crippen LogP contribution < -0.4 is 5.73 Å². The summed E-state index contributed by atoms with van der Waals surface area (Å²) in [7, 11) is 0. The van der Waals surface area contributed by atoms with Crippen molar-refractivity contribution < 1.29 is 19.5 Å². The van der Waals surface area contributed by atoms with Crippen LogP contribution in [0.2, 0.25) is 0 Å². The predicted octanol–water partition coefficient (Wildman–Crippen LogP) is 1.17. The highest BCUT2D eigenvalue weighted by molar-refractivity contribution is 7.15. The van der Waals surface area contributed by atoms with Gasteiger partial charge in [-0.1, -0.05) is 0 Å². The van der Waals surface area contributed by atoms with Gasteiger partial charge < -0.3 is 15.7 Å². The summed E-state index contributed by atoms with van der Waals surface area (Å²) < 4.78 is 0. The minimum absolute atomic E-state index is 0.0217. The smallest absolute Gasteiger partial charge is 0.345 e. The molecular weight excluding hydrogens is 280 g/mol. The number of nitrogens with zero attached hydrogens (tertiary/aromatic N) is 1. The molecule has 108 valence electrons. The van der Waals surface area contributed by atoms with E-state index in [0.29, 0.717) is 17.8 Å². The topological polar surface area (TPSA) is 101 Å². The molecule has 7 heteroatoms. The number of nitrogens with two attached hydrogens (primary N) is 1. The molecule has 2 unspecified atom stereocenters. The monoisotopic (exact) mass is 296 g/mol. The molecule has 0 aromatic carbocycles. The first kappa shape index (κ1) is 14.5. The molecule has 1 aromatic rings. The maximum Gasteiger partial charge on any atom is 0.345 e. The molecule has 0 bridgehead atoms. The fourth-order valence-electron chi connectivity index (χ4n) is 2.33. The molecule has 1 aliphatic heterocycles. The Bertz CT molecular complexity index is 554. The van der Waals surface area contributed by atoms with Gasteiger partial charge in [0.05, 0.1) is 10.8 Å². The van der Waals surface area contributed by atoms with Crippen LogP contribution in [0.1, 0.15) is 39.1 Å². The second-order valence-corrected chi connectivity index (χ2v) is 6.04. The summed E-state index contributed by atoms with van der Waals surface area (Å²) in [4.78, 5) is 36.6. The van der Waals surface area contributed by atoms with Crippen molar-refractivity contribution in [2.24, 2.45) is 11.7 Å². The average Bonchev–Trinajstić information content (AvgIpc) is 2.88. The highest BCUT2D eigenvalue weighted by atomic mass is 32.1. The van der Waals surface area contributed by atoms with Crippen LogP contribution in [0.15, 0.2) is 12.1 Å². The molecule has 2 rings (SSSR count). The molecule has 1 aliphatic rings. The second-order valence-electron chi connectivity index (χ2n) is 4.95. The van der Waals surface area contributed by atoms with Crippen molar-refractivity contribution in [3.63, 3.8) is 0 Å². The Morgan fingerprint density at radius 2 is 1.95 bits per heavy atom. The first-order valence-electron chi connectivity index (χ1n) is 6.33. The van der Waals surface area contributed by atoms with Gasteiger partial charge in [-0.2, -0.15) is 0 Å². The molecular formula is C13H16N2O4S. The molecule has 3 N–H and O–H groups in total. The van der Waals surface area contributed by atoms with E-state index in [1.807, 2.05) is 6.92 Å². The van der Waals surface area contributed by atoms with Crippen LogP contribution in [0.3, 0.4) is 0 Å². The van der Waals surface area contributed by atoms with Crippen molar-refractivity contribution in [3.05, 3.63) is 21.9 Å². The largest absolute Gasteiger partial charge is 0.477 e. The van der Waals surface area contributed by atoms with E-state index < -0.39 is 11.9 Å². The van der Waals surface area contributed by atoms with Crippen LogP contribution in [0.4, 0.5) is 0 Å². The molecule has 1 saturated heterocycles. The summed E-state index contributed by atoms with van der Waals surface area (Å²) in [5, 5.41) is 8.88. The van der Waals surface area contributed by atoms with Gasteiger partial charge in [-0.05, 0) is 31.9 Å². The number of rotatable bonds is 3. The van der Waals surface area contributed by atoms with Crippen molar-refractivity contribution >= 4 is 29.1 Å². The fourth-order valence-corrected chi connectivity index (χ4v) is 3.13. The van der Waals surface area contributed by atoms with Crippen molar-refractivity contribution in [3.8, 4) is 0 Å². The SMILES string of the molecule is CC1CCC(C(N)=O)CN1C(=O)c1ccc(C(=O)O)s1. The van der Waals surface area contributed by atoms with Gasteiger partial charge in [-0.15, -0.1) is 11.3 Å². The lowest BCUT2D eigenvalue weighted by molar-refractivity contribution is -0.123. The van der Waals surface area contributed by atoms with Crippen LogP contribution in [-0.4, -0.2) is 40.4 Å². The number of primary amides is 1. The first-order valence-corrected chi connectivity index (χ1v) is 7.15. The van der Waals surface area contributed by atoms with Gasteiger partial charge in [-0.3, -0.25) is 9.59 Å². The number of carbonyl (C=O) groups is 3. The Kier molecular flexibility index (Phi) is 4.08. The Morgan fingerprint density at radius 1 is 1.30 bits per heavy atom. The number of likely N-dealkylation sites (tertiary alicyclic amines) is 1. The maximum atomic E-state index is 12.4. The quantitative estimate of drug-likeness (QED) is 0.874. The third-order valence-electron chi connectivity index (χ3n) is 3.57. The Morgan fingerprint density at radius 3 is 2.50 bits per heavy atom. The van der Waals surface area contributed by atoms with Crippen LogP contribution in [0.25, 0.3) is 0 Å². The number of amides is 2. The molecule has 2 heterocycles. The molecule has 2 atom stereocenters. The summed E-state index contributed by atoms with van der Waals surface area (Å²) in [6.07, 6.45) is 1.40. The highest BCUT2D eigenvalue weighted by Crippen LogP contribution is 2.26. The van der Waals surface area contributed by atoms with E-state index in [2.05, 4.69) is 0 Å². The zero-order valence-corrected chi connectivity index (χ0v) is 11.9. The number of carboxylic acids is 1. The first-order chi connectivity index (χ1) is 9.40. The number of hydrogen-bond donors (Lipinski definition) is 2. The Balaban J connectivity index is 2.17. The Labute approximate surface area is 120 Å². The van der Waals surface area contributed by atoms with E-state index in [-0.39, 0.29) is 22.7 Å². The van der Waals surface area contributed by atoms with Gasteiger partial charge in [0.1, 0.15) is 4.88 Å². The summed E-state index contributed by atoms with van der Waals surface area (Å²) in [5.74, 6) is -2.00. The van der Waals surface area contributed by atoms with Gasteiger partial charge in [0.25, 0.3) is 5.91 Å². The molecule has 1 aromatic heterocycles. The third kappa shape index (κ3) is 2.82. The minimum Gasteiger partial charge on any atom is -0.477 e. The van der Waals surface area contributed by atoms with Gasteiger partial charge >= 0.3 is 5.97 Å². The number of aromatic carboxylic acids is 1. The lowest BCUT2D eigenvalue weighted by Crippen LogP contribution is -2.48. The summed E-state index contributed by atoms with van der Waals surface area (Å²) in [5.41, 5.74) is 5.31. The van der Waals surface area contributed by atoms with Gasteiger partial charge in [0.15, 0.2) is 0 Å². The van der Waals surface area contributed by atoms with E-state index in [0.717, 1.165) is 17.8 Å². The van der Waals surface area contributed by atoms with Crippen molar-refractivity contribution in [2.75, 3.05) is 6.54 Å². The third-order valence-corrected chi connectivity index (χ3v) is 4.63. The molecule has 1 fully saturated rings. The predicted molar refractivity (Wildman–Crippen MR) is 73.7 cm³/mol. The van der Waals surface area contributed by atoms with Crippen molar-refractivity contribution in [1.29, 1.82) is 0 Å². The molecule has 2 amide bonds. The summed E-state index contributed by atoms with van der Waals surface area (Å²) in [6.45, 7) is 2.22. The fraction of sp³-hybridized carbons (Fsp3) is 0.462. The molecule has 0 saturated carbocycles. The van der Waals surface area contributed by atoms with E-state index in [4.69, 9.17) is 10.8 Å². The molecule has 0 aliphatic carbocycles. The average molecular weight is 296 g/mol. The van der Waals surface area contributed by atoms with E-state index in [1.54, 1.807) is 4.90 Å². The molecule has 20 heavy (non-hydrogen) atoms. The van der Waals surface area contributed by atoms with Gasteiger partial charge in [0.2, 0.25) is 5.91 Å². The van der Waals surface area contributed by atoms with Gasteiger partial charge in [0, 0.05) is 12.6 Å². The second kappa shape index (κ2) is 5.62. The standard InChI is InChI=1S/C13H16N2O4S/c1-7-2-3-8(11(14)16)6-15(7)12(17)9-4-5-10(20-9)13(18)19/h4-5,7-8H,2-3,6H2,1H3,(H2,14,16)(H,18,19). The van der Waals surface area contributed by atoms with Crippen molar-refractivity contribution in [2.45, 2.75) is 25.8 Å². The van der Waals surface area contributed by atoms with E-state index >= 15 is 0 Å². The summed E-state index contributed by atoms with van der Waals surface area (Å²) in [6, 6.07) is 2.95. The number of carboxylic acid groups (broad SMARTS) is 1. The maximum absolute atomic E-state index is 12.4. The van der Waals surface area contributed by atoms with Crippen LogP contribution in [0, 0.1) is 5.92 Å². The highest BCUT2D eigenvalue weighted by Gasteiger charge is 2.32. The summed E-state index contributed by atoms with van der Waals surface area (Å²) >= 11 is 0.947. The molecule has 6 nitrogen and oxygen atoms in total. The van der Waals surface area contributed by atoms with E-state index in [1.165, 1.54) is 12.1 Å². The zero-order valence-electron chi connectivity index (χ0n) is 11.0. The van der Waals surface area contributed by atoms with E-state index in [9.17, 15) is 14.4 Å². The number of piperidine rings is 1. The van der Waals surface area contributed by atoms with Crippen LogP contribution >= 0.6 is 11.3 Å². The lowest BCUT2D eigenvalue weighted by atomic mass is 9.93. The van der Waals surface area contributed by atoms with Gasteiger partial charge in [-0.25, -0.2) is 4.79 Å². The zero-order chi connectivity index (χ0) is 14.9. The number of hydrogen-bond acceptors (Lipinski definition) is 4. The van der Waals surface area contributed by atoms with Crippen LogP contribution in [0.5, 0.6) is 0 Å². The lowest BCUT2D eigenvalue weighted by Gasteiger charge is -2.36. The molecule has 0 radical (unpaired) electrons. The number of carbonyl (C=O) groups excluding carboxylic acids is 2. The normalized spacial score (nSPS) is 22.6. The molecule has 0 spiro atoms. The minimum atomic E-state index is -1.05. The van der Waals surface area contributed by atoms with Crippen molar-refractivity contribution in [1.82, 2.24) is 4.90 Å². The number of thiophene rings is 1.